The Balaban J connectivity index is 1.39. The normalized spacial score (nSPS) is 14.3. The molecular weight excluding hydrogens is 515 g/mol. The molecule has 8 heteroatoms. The Morgan fingerprint density at radius 2 is 1.74 bits per heavy atom. The standard InChI is InChI=1S/C31H25FN2O4S/c1-19-7-13-24(15-20(19)2)33-29(35)17-34-30(36)28(39-31(34)37)16-26-25-6-4-3-5-22(25)10-14-27(26)38-18-21-8-11-23(32)12-9-21/h3-16H,17-18H2,1-2H3,(H,33,35)/b28-16+. The molecular formula is C31H25FN2O4S. The van der Waals surface area contributed by atoms with Gasteiger partial charge in [0.1, 0.15) is 24.7 Å². The molecule has 6 nitrogen and oxygen atoms in total. The Bertz CT molecular complexity index is 1630. The predicted molar refractivity (Wildman–Crippen MR) is 152 cm³/mol. The number of thioether (sulfide) groups is 1. The fourth-order valence-electron chi connectivity index (χ4n) is 4.22. The van der Waals surface area contributed by atoms with Crippen molar-refractivity contribution in [1.29, 1.82) is 0 Å². The lowest BCUT2D eigenvalue weighted by molar-refractivity contribution is -0.127. The number of imide groups is 1. The topological polar surface area (TPSA) is 75.7 Å². The molecule has 0 aromatic heterocycles. The van der Waals surface area contributed by atoms with Gasteiger partial charge in [0, 0.05) is 11.3 Å². The zero-order chi connectivity index (χ0) is 27.5. The summed E-state index contributed by atoms with van der Waals surface area (Å²) in [6, 6.07) is 22.9. The Hall–Kier alpha value is -4.43. The van der Waals surface area contributed by atoms with Crippen LogP contribution in [0.4, 0.5) is 14.9 Å². The summed E-state index contributed by atoms with van der Waals surface area (Å²) in [5.74, 6) is -0.825. The second-order valence-electron chi connectivity index (χ2n) is 9.23. The number of nitrogens with zero attached hydrogens (tertiary/aromatic N) is 1. The highest BCUT2D eigenvalue weighted by atomic mass is 32.2. The number of halogens is 1. The van der Waals surface area contributed by atoms with Gasteiger partial charge in [0.05, 0.1) is 4.91 Å². The first-order chi connectivity index (χ1) is 18.8. The number of rotatable bonds is 7. The summed E-state index contributed by atoms with van der Waals surface area (Å²) in [5, 5.41) is 4.01. The summed E-state index contributed by atoms with van der Waals surface area (Å²) in [4.78, 5) is 39.8. The maximum Gasteiger partial charge on any atom is 0.294 e. The van der Waals surface area contributed by atoms with E-state index in [1.807, 2.05) is 56.3 Å². The third-order valence-corrected chi connectivity index (χ3v) is 7.39. The van der Waals surface area contributed by atoms with E-state index in [-0.39, 0.29) is 17.3 Å². The second kappa shape index (κ2) is 11.1. The molecule has 39 heavy (non-hydrogen) atoms. The highest BCUT2D eigenvalue weighted by Crippen LogP contribution is 2.37. The number of amides is 3. The molecule has 1 N–H and O–H groups in total. The van der Waals surface area contributed by atoms with Crippen molar-refractivity contribution in [2.75, 3.05) is 11.9 Å². The second-order valence-corrected chi connectivity index (χ2v) is 10.2. The fraction of sp³-hybridized carbons (Fsp3) is 0.129. The third-order valence-electron chi connectivity index (χ3n) is 6.48. The van der Waals surface area contributed by atoms with E-state index in [1.54, 1.807) is 30.3 Å². The third kappa shape index (κ3) is 5.86. The number of fused-ring (bicyclic) bond motifs is 1. The highest BCUT2D eigenvalue weighted by Gasteiger charge is 2.36. The van der Waals surface area contributed by atoms with Crippen molar-refractivity contribution in [3.8, 4) is 5.75 Å². The minimum atomic E-state index is -0.544. The van der Waals surface area contributed by atoms with E-state index < -0.39 is 23.6 Å². The Morgan fingerprint density at radius 3 is 2.51 bits per heavy atom. The molecule has 1 aliphatic rings. The fourth-order valence-corrected chi connectivity index (χ4v) is 5.04. The van der Waals surface area contributed by atoms with Crippen LogP contribution in [0.15, 0.2) is 83.8 Å². The molecule has 0 radical (unpaired) electrons. The van der Waals surface area contributed by atoms with E-state index in [1.165, 1.54) is 12.1 Å². The minimum absolute atomic E-state index is 0.194. The van der Waals surface area contributed by atoms with E-state index in [4.69, 9.17) is 4.74 Å². The zero-order valence-corrected chi connectivity index (χ0v) is 22.2. The number of anilines is 1. The van der Waals surface area contributed by atoms with Crippen molar-refractivity contribution in [3.05, 3.63) is 112 Å². The van der Waals surface area contributed by atoms with Crippen molar-refractivity contribution in [2.45, 2.75) is 20.5 Å². The van der Waals surface area contributed by atoms with Gasteiger partial charge >= 0.3 is 0 Å². The molecule has 1 aliphatic heterocycles. The Labute approximate surface area is 229 Å². The predicted octanol–water partition coefficient (Wildman–Crippen LogP) is 6.85. The van der Waals surface area contributed by atoms with E-state index >= 15 is 0 Å². The van der Waals surface area contributed by atoms with Gasteiger partial charge in [-0.3, -0.25) is 19.3 Å². The zero-order valence-electron chi connectivity index (χ0n) is 21.4. The lowest BCUT2D eigenvalue weighted by Gasteiger charge is -2.14. The molecule has 0 unspecified atom stereocenters. The average Bonchev–Trinajstić information content (AvgIpc) is 3.18. The van der Waals surface area contributed by atoms with Gasteiger partial charge in [-0.25, -0.2) is 4.39 Å². The quantitative estimate of drug-likeness (QED) is 0.260. The maximum absolute atomic E-state index is 13.3. The molecule has 0 atom stereocenters. The van der Waals surface area contributed by atoms with Crippen LogP contribution in [0.5, 0.6) is 5.75 Å². The Morgan fingerprint density at radius 1 is 0.974 bits per heavy atom. The molecule has 196 valence electrons. The van der Waals surface area contributed by atoms with Crippen LogP contribution in [0.25, 0.3) is 16.8 Å². The molecule has 0 saturated carbocycles. The molecule has 1 fully saturated rings. The lowest BCUT2D eigenvalue weighted by atomic mass is 10.0. The monoisotopic (exact) mass is 540 g/mol. The van der Waals surface area contributed by atoms with Crippen LogP contribution in [0.1, 0.15) is 22.3 Å². The molecule has 3 amide bonds. The smallest absolute Gasteiger partial charge is 0.294 e. The first-order valence-electron chi connectivity index (χ1n) is 12.3. The summed E-state index contributed by atoms with van der Waals surface area (Å²) in [5.41, 5.74) is 4.14. The van der Waals surface area contributed by atoms with E-state index in [2.05, 4.69) is 5.32 Å². The van der Waals surface area contributed by atoms with Gasteiger partial charge in [-0.05, 0) is 89.5 Å². The molecule has 1 heterocycles. The number of aryl methyl sites for hydroxylation is 2. The van der Waals surface area contributed by atoms with Crippen molar-refractivity contribution in [2.24, 2.45) is 0 Å². The van der Waals surface area contributed by atoms with Crippen molar-refractivity contribution in [1.82, 2.24) is 4.90 Å². The summed E-state index contributed by atoms with van der Waals surface area (Å²) < 4.78 is 19.4. The molecule has 0 spiro atoms. The SMILES string of the molecule is Cc1ccc(NC(=O)CN2C(=O)S/C(=C/c3c(OCc4ccc(F)cc4)ccc4ccccc34)C2=O)cc1C. The number of benzene rings is 4. The average molecular weight is 541 g/mol. The van der Waals surface area contributed by atoms with Gasteiger partial charge in [0.25, 0.3) is 11.1 Å². The van der Waals surface area contributed by atoms with E-state index in [0.29, 0.717) is 17.0 Å². The number of nitrogens with one attached hydrogen (secondary N) is 1. The van der Waals surface area contributed by atoms with Crippen molar-refractivity contribution in [3.63, 3.8) is 0 Å². The van der Waals surface area contributed by atoms with Crippen LogP contribution in [0.2, 0.25) is 0 Å². The first-order valence-corrected chi connectivity index (χ1v) is 13.1. The summed E-state index contributed by atoms with van der Waals surface area (Å²) >= 11 is 0.784. The minimum Gasteiger partial charge on any atom is -0.488 e. The Kier molecular flexibility index (Phi) is 7.47. The molecule has 4 aromatic rings. The summed E-state index contributed by atoms with van der Waals surface area (Å²) in [6.07, 6.45) is 1.63. The number of hydrogen-bond donors (Lipinski definition) is 1. The van der Waals surface area contributed by atoms with Gasteiger partial charge in [0.2, 0.25) is 5.91 Å². The lowest BCUT2D eigenvalue weighted by Crippen LogP contribution is -2.36. The van der Waals surface area contributed by atoms with Crippen LogP contribution in [0.3, 0.4) is 0 Å². The van der Waals surface area contributed by atoms with E-state index in [0.717, 1.165) is 44.1 Å². The van der Waals surface area contributed by atoms with E-state index in [9.17, 15) is 18.8 Å². The van der Waals surface area contributed by atoms with Crippen molar-refractivity contribution >= 4 is 51.4 Å². The number of hydrogen-bond acceptors (Lipinski definition) is 5. The van der Waals surface area contributed by atoms with Crippen LogP contribution in [-0.2, 0) is 16.2 Å². The number of ether oxygens (including phenoxy) is 1. The van der Waals surface area contributed by atoms with Gasteiger partial charge in [-0.2, -0.15) is 0 Å². The van der Waals surface area contributed by atoms with Gasteiger partial charge in [-0.1, -0.05) is 48.5 Å². The van der Waals surface area contributed by atoms with Gasteiger partial charge in [0.15, 0.2) is 0 Å². The number of carbonyl (C=O) groups excluding carboxylic acids is 3. The molecule has 0 aliphatic carbocycles. The molecule has 4 aromatic carbocycles. The molecule has 1 saturated heterocycles. The first kappa shape index (κ1) is 26.2. The van der Waals surface area contributed by atoms with Crippen molar-refractivity contribution < 1.29 is 23.5 Å². The van der Waals surface area contributed by atoms with Crippen LogP contribution in [-0.4, -0.2) is 28.5 Å². The largest absolute Gasteiger partial charge is 0.488 e. The molecule has 5 rings (SSSR count). The molecule has 0 bridgehead atoms. The highest BCUT2D eigenvalue weighted by molar-refractivity contribution is 8.18. The van der Waals surface area contributed by atoms with Crippen LogP contribution < -0.4 is 10.1 Å². The van der Waals surface area contributed by atoms with Gasteiger partial charge < -0.3 is 10.1 Å². The van der Waals surface area contributed by atoms with Crippen LogP contribution >= 0.6 is 11.8 Å². The van der Waals surface area contributed by atoms with Gasteiger partial charge in [-0.15, -0.1) is 0 Å². The maximum atomic E-state index is 13.3. The summed E-state index contributed by atoms with van der Waals surface area (Å²) in [6.45, 7) is 3.72. The number of carbonyl (C=O) groups is 3. The summed E-state index contributed by atoms with van der Waals surface area (Å²) in [7, 11) is 0. The van der Waals surface area contributed by atoms with Crippen LogP contribution in [0, 0.1) is 19.7 Å².